The molecule has 0 aromatic heterocycles. The number of anilines is 1. The summed E-state index contributed by atoms with van der Waals surface area (Å²) in [6, 6.07) is 5.36. The number of aromatic hydroxyl groups is 1. The molecule has 0 aliphatic rings. The van der Waals surface area contributed by atoms with E-state index in [-0.39, 0.29) is 5.75 Å². The molecule has 0 fully saturated rings. The van der Waals surface area contributed by atoms with Crippen molar-refractivity contribution in [1.82, 2.24) is 0 Å². The van der Waals surface area contributed by atoms with Crippen molar-refractivity contribution in [2.75, 3.05) is 5.73 Å². The summed E-state index contributed by atoms with van der Waals surface area (Å²) in [6.45, 7) is 2.11. The summed E-state index contributed by atoms with van der Waals surface area (Å²) in [5.41, 5.74) is 7.15. The van der Waals surface area contributed by atoms with Crippen molar-refractivity contribution in [2.45, 2.75) is 19.8 Å². The van der Waals surface area contributed by atoms with Gasteiger partial charge in [-0.15, -0.1) is 0 Å². The normalized spacial score (nSPS) is 9.91. The van der Waals surface area contributed by atoms with Crippen molar-refractivity contribution in [2.24, 2.45) is 0 Å². The van der Waals surface area contributed by atoms with Gasteiger partial charge in [0, 0.05) is 0 Å². The number of phenols is 1. The lowest BCUT2D eigenvalue weighted by Gasteiger charge is -2.01. The molecule has 0 bridgehead atoms. The second kappa shape index (κ2) is 3.28. The van der Waals surface area contributed by atoms with Gasteiger partial charge in [0.25, 0.3) is 0 Å². The largest absolute Gasteiger partial charge is 0.506 e. The van der Waals surface area contributed by atoms with Crippen molar-refractivity contribution in [3.63, 3.8) is 0 Å². The molecule has 0 heterocycles. The summed E-state index contributed by atoms with van der Waals surface area (Å²) < 4.78 is 0. The van der Waals surface area contributed by atoms with E-state index in [1.54, 1.807) is 6.07 Å². The van der Waals surface area contributed by atoms with Gasteiger partial charge >= 0.3 is 0 Å². The third kappa shape index (κ3) is 1.87. The minimum Gasteiger partial charge on any atom is -0.506 e. The topological polar surface area (TPSA) is 46.2 Å². The van der Waals surface area contributed by atoms with Gasteiger partial charge in [-0.25, -0.2) is 0 Å². The van der Waals surface area contributed by atoms with E-state index in [0.29, 0.717) is 5.69 Å². The van der Waals surface area contributed by atoms with Crippen molar-refractivity contribution in [3.05, 3.63) is 23.8 Å². The Morgan fingerprint density at radius 3 is 2.73 bits per heavy atom. The van der Waals surface area contributed by atoms with Crippen LogP contribution in [-0.4, -0.2) is 5.11 Å². The zero-order valence-corrected chi connectivity index (χ0v) is 6.67. The van der Waals surface area contributed by atoms with Gasteiger partial charge in [-0.1, -0.05) is 19.4 Å². The Morgan fingerprint density at radius 1 is 1.45 bits per heavy atom. The van der Waals surface area contributed by atoms with Gasteiger partial charge in [0.1, 0.15) is 5.75 Å². The summed E-state index contributed by atoms with van der Waals surface area (Å²) in [5.74, 6) is 0.171. The van der Waals surface area contributed by atoms with Crippen LogP contribution < -0.4 is 5.73 Å². The van der Waals surface area contributed by atoms with Gasteiger partial charge in [-0.3, -0.25) is 0 Å². The van der Waals surface area contributed by atoms with Crippen LogP contribution in [0.1, 0.15) is 18.9 Å². The van der Waals surface area contributed by atoms with E-state index in [1.165, 1.54) is 5.56 Å². The predicted molar refractivity (Wildman–Crippen MR) is 46.5 cm³/mol. The molecule has 0 unspecified atom stereocenters. The highest BCUT2D eigenvalue weighted by Gasteiger charge is 1.96. The fraction of sp³-hybridized carbons (Fsp3) is 0.333. The third-order valence-electron chi connectivity index (χ3n) is 1.63. The van der Waals surface area contributed by atoms with Gasteiger partial charge < -0.3 is 10.8 Å². The first-order valence-electron chi connectivity index (χ1n) is 3.81. The van der Waals surface area contributed by atoms with Gasteiger partial charge in [0.2, 0.25) is 0 Å². The Bertz CT molecular complexity index is 245. The van der Waals surface area contributed by atoms with Gasteiger partial charge in [-0.05, 0) is 24.1 Å². The second-order valence-electron chi connectivity index (χ2n) is 2.64. The number of nitrogens with two attached hydrogens (primary N) is 1. The zero-order chi connectivity index (χ0) is 8.27. The molecule has 1 aromatic carbocycles. The average Bonchev–Trinajstić information content (AvgIpc) is 1.98. The molecule has 3 N–H and O–H groups in total. The highest BCUT2D eigenvalue weighted by atomic mass is 16.3. The van der Waals surface area contributed by atoms with Crippen LogP contribution in [0.4, 0.5) is 5.69 Å². The van der Waals surface area contributed by atoms with Crippen molar-refractivity contribution in [3.8, 4) is 5.75 Å². The molecule has 0 saturated carbocycles. The number of aryl methyl sites for hydroxylation is 1. The number of phenolic OH excluding ortho intramolecular Hbond substituents is 1. The zero-order valence-electron chi connectivity index (χ0n) is 6.67. The molecular weight excluding hydrogens is 138 g/mol. The fourth-order valence-electron chi connectivity index (χ4n) is 1.05. The molecule has 60 valence electrons. The number of rotatable bonds is 2. The van der Waals surface area contributed by atoms with E-state index in [9.17, 15) is 0 Å². The van der Waals surface area contributed by atoms with Crippen molar-refractivity contribution < 1.29 is 5.11 Å². The lowest BCUT2D eigenvalue weighted by molar-refractivity contribution is 0.478. The lowest BCUT2D eigenvalue weighted by atomic mass is 10.1. The molecule has 0 aliphatic heterocycles. The molecule has 0 amide bonds. The lowest BCUT2D eigenvalue weighted by Crippen LogP contribution is -1.88. The Kier molecular flexibility index (Phi) is 2.36. The molecule has 1 rings (SSSR count). The molecule has 0 radical (unpaired) electrons. The van der Waals surface area contributed by atoms with Crippen LogP contribution >= 0.6 is 0 Å². The van der Waals surface area contributed by atoms with Crippen molar-refractivity contribution in [1.29, 1.82) is 0 Å². The molecule has 2 nitrogen and oxygen atoms in total. The summed E-state index contributed by atoms with van der Waals surface area (Å²) in [7, 11) is 0. The molecule has 2 heteroatoms. The van der Waals surface area contributed by atoms with E-state index in [0.717, 1.165) is 12.8 Å². The van der Waals surface area contributed by atoms with E-state index < -0.39 is 0 Å². The van der Waals surface area contributed by atoms with E-state index in [4.69, 9.17) is 10.8 Å². The van der Waals surface area contributed by atoms with Crippen LogP contribution in [0.3, 0.4) is 0 Å². The van der Waals surface area contributed by atoms with Crippen LogP contribution in [0.2, 0.25) is 0 Å². The smallest absolute Gasteiger partial charge is 0.138 e. The first-order valence-corrected chi connectivity index (χ1v) is 3.81. The first kappa shape index (κ1) is 7.92. The summed E-state index contributed by atoms with van der Waals surface area (Å²) in [6.07, 6.45) is 2.12. The highest BCUT2D eigenvalue weighted by Crippen LogP contribution is 2.20. The second-order valence-corrected chi connectivity index (χ2v) is 2.64. The Balaban J connectivity index is 2.86. The average molecular weight is 151 g/mol. The van der Waals surface area contributed by atoms with Gasteiger partial charge in [0.05, 0.1) is 5.69 Å². The quantitative estimate of drug-likeness (QED) is 0.501. The summed E-state index contributed by atoms with van der Waals surface area (Å²) in [5, 5.41) is 9.09. The predicted octanol–water partition coefficient (Wildman–Crippen LogP) is 1.93. The number of hydrogen-bond acceptors (Lipinski definition) is 2. The van der Waals surface area contributed by atoms with Crippen LogP contribution in [0.5, 0.6) is 5.75 Å². The minimum atomic E-state index is 0.171. The Hall–Kier alpha value is -1.18. The van der Waals surface area contributed by atoms with E-state index in [1.807, 2.05) is 12.1 Å². The molecule has 0 atom stereocenters. The number of hydrogen-bond donors (Lipinski definition) is 2. The number of benzene rings is 1. The molecule has 0 spiro atoms. The van der Waals surface area contributed by atoms with Crippen LogP contribution in [-0.2, 0) is 6.42 Å². The Labute approximate surface area is 66.7 Å². The Morgan fingerprint density at radius 2 is 2.18 bits per heavy atom. The molecule has 0 aliphatic carbocycles. The fourth-order valence-corrected chi connectivity index (χ4v) is 1.05. The third-order valence-corrected chi connectivity index (χ3v) is 1.63. The maximum Gasteiger partial charge on any atom is 0.138 e. The van der Waals surface area contributed by atoms with Crippen molar-refractivity contribution >= 4 is 5.69 Å². The molecular formula is C9H13NO. The first-order chi connectivity index (χ1) is 5.24. The maximum atomic E-state index is 9.09. The monoisotopic (exact) mass is 151 g/mol. The van der Waals surface area contributed by atoms with E-state index >= 15 is 0 Å². The van der Waals surface area contributed by atoms with Crippen LogP contribution in [0.25, 0.3) is 0 Å². The SMILES string of the molecule is CCCc1ccc(O)c(N)c1. The molecule has 11 heavy (non-hydrogen) atoms. The standard InChI is InChI=1S/C9H13NO/c1-2-3-7-4-5-9(11)8(10)6-7/h4-6,11H,2-3,10H2,1H3. The van der Waals surface area contributed by atoms with Gasteiger partial charge in [-0.2, -0.15) is 0 Å². The highest BCUT2D eigenvalue weighted by molar-refractivity contribution is 5.53. The van der Waals surface area contributed by atoms with Gasteiger partial charge in [0.15, 0.2) is 0 Å². The van der Waals surface area contributed by atoms with E-state index in [2.05, 4.69) is 6.92 Å². The summed E-state index contributed by atoms with van der Waals surface area (Å²) in [4.78, 5) is 0. The summed E-state index contributed by atoms with van der Waals surface area (Å²) >= 11 is 0. The molecule has 0 saturated heterocycles. The number of nitrogen functional groups attached to an aromatic ring is 1. The maximum absolute atomic E-state index is 9.09. The van der Waals surface area contributed by atoms with Crippen LogP contribution in [0.15, 0.2) is 18.2 Å². The van der Waals surface area contributed by atoms with Crippen LogP contribution in [0, 0.1) is 0 Å². The molecule has 1 aromatic rings. The minimum absolute atomic E-state index is 0.171.